The summed E-state index contributed by atoms with van der Waals surface area (Å²) in [5.41, 5.74) is 0. The largest absolute Gasteiger partial charge is 0.314 e. The number of nitrogens with one attached hydrogen (secondary N) is 2. The maximum Gasteiger partial charge on any atom is 0.251 e. The van der Waals surface area contributed by atoms with Gasteiger partial charge in [0.1, 0.15) is 0 Å². The molecule has 0 bridgehead atoms. The van der Waals surface area contributed by atoms with Crippen LogP contribution in [-0.4, -0.2) is 32.5 Å². The van der Waals surface area contributed by atoms with Gasteiger partial charge >= 0.3 is 0 Å². The molecule has 1 aromatic rings. The van der Waals surface area contributed by atoms with E-state index in [-0.39, 0.29) is 4.21 Å². The molecule has 0 saturated heterocycles. The average molecular weight is 277 g/mol. The zero-order valence-corrected chi connectivity index (χ0v) is 12.0. The fourth-order valence-corrected chi connectivity index (χ4v) is 3.45. The van der Waals surface area contributed by atoms with E-state index in [9.17, 15) is 8.42 Å². The summed E-state index contributed by atoms with van der Waals surface area (Å²) in [4.78, 5) is 3.94. The number of aryl methyl sites for hydroxylation is 1. The SMILES string of the molecule is Cc1ncc(S(=O)(=O)NCCCNC(C)C)s1. The van der Waals surface area contributed by atoms with E-state index < -0.39 is 10.0 Å². The summed E-state index contributed by atoms with van der Waals surface area (Å²) >= 11 is 1.19. The molecule has 0 spiro atoms. The van der Waals surface area contributed by atoms with Crippen molar-refractivity contribution in [3.05, 3.63) is 11.2 Å². The summed E-state index contributed by atoms with van der Waals surface area (Å²) < 4.78 is 26.4. The van der Waals surface area contributed by atoms with Crippen molar-refractivity contribution in [2.24, 2.45) is 0 Å². The lowest BCUT2D eigenvalue weighted by atomic mass is 10.3. The van der Waals surface area contributed by atoms with Crippen LogP contribution in [0.2, 0.25) is 0 Å². The summed E-state index contributed by atoms with van der Waals surface area (Å²) in [6.45, 7) is 7.16. The van der Waals surface area contributed by atoms with Crippen LogP contribution in [0.1, 0.15) is 25.3 Å². The molecular weight excluding hydrogens is 258 g/mol. The second-order valence-corrected chi connectivity index (χ2v) is 7.29. The Morgan fingerprint density at radius 2 is 2.12 bits per heavy atom. The minimum atomic E-state index is -3.36. The molecule has 7 heteroatoms. The predicted octanol–water partition coefficient (Wildman–Crippen LogP) is 1.12. The van der Waals surface area contributed by atoms with Crippen LogP contribution in [0.25, 0.3) is 0 Å². The molecule has 0 saturated carbocycles. The Kier molecular flexibility index (Phi) is 5.51. The Morgan fingerprint density at radius 1 is 1.41 bits per heavy atom. The average Bonchev–Trinajstić information content (AvgIpc) is 2.64. The van der Waals surface area contributed by atoms with Gasteiger partial charge < -0.3 is 5.32 Å². The third-order valence-electron chi connectivity index (χ3n) is 2.06. The van der Waals surface area contributed by atoms with Crippen molar-refractivity contribution in [3.8, 4) is 0 Å². The summed E-state index contributed by atoms with van der Waals surface area (Å²) in [6.07, 6.45) is 2.17. The molecule has 0 fully saturated rings. The number of aromatic nitrogens is 1. The van der Waals surface area contributed by atoms with Crippen molar-refractivity contribution in [3.63, 3.8) is 0 Å². The molecular formula is C10H19N3O2S2. The summed E-state index contributed by atoms with van der Waals surface area (Å²) in [6, 6.07) is 0.427. The van der Waals surface area contributed by atoms with Crippen molar-refractivity contribution in [2.75, 3.05) is 13.1 Å². The molecule has 0 amide bonds. The zero-order valence-electron chi connectivity index (χ0n) is 10.4. The van der Waals surface area contributed by atoms with Crippen molar-refractivity contribution < 1.29 is 8.42 Å². The van der Waals surface area contributed by atoms with Crippen molar-refractivity contribution in [1.82, 2.24) is 15.0 Å². The van der Waals surface area contributed by atoms with E-state index in [1.807, 2.05) is 0 Å². The van der Waals surface area contributed by atoms with Gasteiger partial charge in [-0.25, -0.2) is 18.1 Å². The van der Waals surface area contributed by atoms with Gasteiger partial charge in [0.25, 0.3) is 10.0 Å². The Balaban J connectivity index is 2.36. The van der Waals surface area contributed by atoms with E-state index in [2.05, 4.69) is 28.9 Å². The Hall–Kier alpha value is -0.500. The van der Waals surface area contributed by atoms with Gasteiger partial charge in [-0.2, -0.15) is 0 Å². The van der Waals surface area contributed by atoms with Crippen molar-refractivity contribution in [1.29, 1.82) is 0 Å². The minimum absolute atomic E-state index is 0.284. The van der Waals surface area contributed by atoms with E-state index in [0.717, 1.165) is 18.0 Å². The van der Waals surface area contributed by atoms with Crippen LogP contribution in [0.15, 0.2) is 10.4 Å². The highest BCUT2D eigenvalue weighted by Crippen LogP contribution is 2.17. The molecule has 0 aliphatic rings. The molecule has 2 N–H and O–H groups in total. The van der Waals surface area contributed by atoms with Gasteiger partial charge in [0.2, 0.25) is 0 Å². The van der Waals surface area contributed by atoms with Gasteiger partial charge in [0.15, 0.2) is 4.21 Å². The van der Waals surface area contributed by atoms with Crippen LogP contribution in [0.3, 0.4) is 0 Å². The summed E-state index contributed by atoms with van der Waals surface area (Å²) in [5.74, 6) is 0. The predicted molar refractivity (Wildman–Crippen MR) is 69.8 cm³/mol. The van der Waals surface area contributed by atoms with Crippen LogP contribution >= 0.6 is 11.3 Å². The second kappa shape index (κ2) is 6.44. The van der Waals surface area contributed by atoms with Gasteiger partial charge in [-0.3, -0.25) is 0 Å². The van der Waals surface area contributed by atoms with Crippen LogP contribution in [0, 0.1) is 6.92 Å². The van der Waals surface area contributed by atoms with Gasteiger partial charge in [-0.05, 0) is 19.9 Å². The van der Waals surface area contributed by atoms with Gasteiger partial charge in [0.05, 0.1) is 11.2 Å². The van der Waals surface area contributed by atoms with Gasteiger partial charge in [-0.1, -0.05) is 13.8 Å². The second-order valence-electron chi connectivity index (χ2n) is 4.06. The summed E-state index contributed by atoms with van der Waals surface area (Å²) in [5, 5.41) is 3.99. The smallest absolute Gasteiger partial charge is 0.251 e. The normalized spacial score (nSPS) is 12.2. The van der Waals surface area contributed by atoms with E-state index in [0.29, 0.717) is 12.6 Å². The molecule has 17 heavy (non-hydrogen) atoms. The molecule has 5 nitrogen and oxygen atoms in total. The highest BCUT2D eigenvalue weighted by molar-refractivity contribution is 7.91. The van der Waals surface area contributed by atoms with E-state index >= 15 is 0 Å². The minimum Gasteiger partial charge on any atom is -0.314 e. The highest BCUT2D eigenvalue weighted by atomic mass is 32.2. The van der Waals surface area contributed by atoms with E-state index in [1.165, 1.54) is 17.5 Å². The summed E-state index contributed by atoms with van der Waals surface area (Å²) in [7, 11) is -3.36. The Morgan fingerprint density at radius 3 is 2.65 bits per heavy atom. The quantitative estimate of drug-likeness (QED) is 0.733. The van der Waals surface area contributed by atoms with E-state index in [1.54, 1.807) is 6.92 Å². The van der Waals surface area contributed by atoms with Crippen LogP contribution < -0.4 is 10.0 Å². The maximum atomic E-state index is 11.8. The standard InChI is InChI=1S/C10H19N3O2S2/c1-8(2)11-5-4-6-13-17(14,15)10-7-12-9(3)16-10/h7-8,11,13H,4-6H2,1-3H3. The fraction of sp³-hybridized carbons (Fsp3) is 0.700. The molecule has 0 aliphatic carbocycles. The lowest BCUT2D eigenvalue weighted by Crippen LogP contribution is -2.29. The van der Waals surface area contributed by atoms with Crippen molar-refractivity contribution >= 4 is 21.4 Å². The first-order chi connectivity index (χ1) is 7.92. The Bertz CT molecular complexity index is 440. The third-order valence-corrected chi connectivity index (χ3v) is 4.90. The van der Waals surface area contributed by atoms with Crippen LogP contribution in [0.5, 0.6) is 0 Å². The van der Waals surface area contributed by atoms with Gasteiger partial charge in [0, 0.05) is 12.6 Å². The first-order valence-corrected chi connectivity index (χ1v) is 7.87. The maximum absolute atomic E-state index is 11.8. The number of nitrogens with zero attached hydrogens (tertiary/aromatic N) is 1. The number of sulfonamides is 1. The Labute approximate surface area is 107 Å². The monoisotopic (exact) mass is 277 g/mol. The number of hydrogen-bond donors (Lipinski definition) is 2. The highest BCUT2D eigenvalue weighted by Gasteiger charge is 2.15. The molecule has 0 radical (unpaired) electrons. The lowest BCUT2D eigenvalue weighted by molar-refractivity contribution is 0.555. The number of rotatable bonds is 7. The number of hydrogen-bond acceptors (Lipinski definition) is 5. The fourth-order valence-electron chi connectivity index (χ4n) is 1.22. The molecule has 1 heterocycles. The van der Waals surface area contributed by atoms with Crippen LogP contribution in [-0.2, 0) is 10.0 Å². The van der Waals surface area contributed by atoms with E-state index in [4.69, 9.17) is 0 Å². The van der Waals surface area contributed by atoms with Crippen molar-refractivity contribution in [2.45, 2.75) is 37.4 Å². The third kappa shape index (κ3) is 5.12. The molecule has 1 aromatic heterocycles. The van der Waals surface area contributed by atoms with Crippen LogP contribution in [0.4, 0.5) is 0 Å². The first-order valence-electron chi connectivity index (χ1n) is 5.57. The lowest BCUT2D eigenvalue weighted by Gasteiger charge is -2.08. The molecule has 0 aliphatic heterocycles. The molecule has 1 rings (SSSR count). The molecule has 0 atom stereocenters. The topological polar surface area (TPSA) is 71.1 Å². The molecule has 0 unspecified atom stereocenters. The van der Waals surface area contributed by atoms with Gasteiger partial charge in [-0.15, -0.1) is 11.3 Å². The molecule has 0 aromatic carbocycles. The zero-order chi connectivity index (χ0) is 12.9. The number of thiazole rings is 1. The first kappa shape index (κ1) is 14.6. The molecule has 98 valence electrons.